The highest BCUT2D eigenvalue weighted by atomic mass is 35.5. The van der Waals surface area contributed by atoms with Gasteiger partial charge < -0.3 is 16.4 Å². The molecule has 2 amide bonds. The molecule has 2 rings (SSSR count). The summed E-state index contributed by atoms with van der Waals surface area (Å²) in [5.74, 6) is -0.770. The van der Waals surface area contributed by atoms with Crippen molar-refractivity contribution in [3.05, 3.63) is 38.9 Å². The molecule has 1 unspecified atom stereocenters. The first kappa shape index (κ1) is 20.1. The van der Waals surface area contributed by atoms with E-state index in [1.54, 1.807) is 0 Å². The third kappa shape index (κ3) is 5.05. The highest BCUT2D eigenvalue weighted by molar-refractivity contribution is 6.34. The van der Waals surface area contributed by atoms with E-state index >= 15 is 0 Å². The molecular formula is C14H18Cl2N4O4. The van der Waals surface area contributed by atoms with Gasteiger partial charge in [-0.2, -0.15) is 0 Å². The van der Waals surface area contributed by atoms with Crippen molar-refractivity contribution in [2.75, 3.05) is 13.1 Å². The number of nitrogens with one attached hydrogen (secondary N) is 2. The number of rotatable bonds is 7. The van der Waals surface area contributed by atoms with Crippen LogP contribution in [0.2, 0.25) is 5.02 Å². The highest BCUT2D eigenvalue weighted by Gasteiger charge is 2.31. The molecule has 4 N–H and O–H groups in total. The van der Waals surface area contributed by atoms with E-state index in [0.29, 0.717) is 12.5 Å². The standard InChI is InChI=1S/C14H17ClN4O4.ClH/c15-9-2-1-3-11(19(22)23)13(9)14(21)17-7-12(20)18-10(6-16)8-4-5-8;/h1-3,8,10H,4-7,16H2,(H,17,21)(H,18,20);1H. The zero-order valence-electron chi connectivity index (χ0n) is 12.7. The number of amides is 2. The predicted molar refractivity (Wildman–Crippen MR) is 91.4 cm³/mol. The molecule has 24 heavy (non-hydrogen) atoms. The second kappa shape index (κ2) is 8.81. The van der Waals surface area contributed by atoms with Crippen LogP contribution in [-0.4, -0.2) is 35.9 Å². The highest BCUT2D eigenvalue weighted by Crippen LogP contribution is 2.32. The van der Waals surface area contributed by atoms with Crippen LogP contribution in [0.4, 0.5) is 5.69 Å². The van der Waals surface area contributed by atoms with Crippen molar-refractivity contribution in [3.8, 4) is 0 Å². The van der Waals surface area contributed by atoms with Crippen LogP contribution in [0.1, 0.15) is 23.2 Å². The molecule has 0 aliphatic heterocycles. The van der Waals surface area contributed by atoms with Gasteiger partial charge in [0.15, 0.2) is 0 Å². The lowest BCUT2D eigenvalue weighted by molar-refractivity contribution is -0.385. The molecule has 1 aliphatic rings. The molecule has 8 nitrogen and oxygen atoms in total. The molecule has 1 saturated carbocycles. The van der Waals surface area contributed by atoms with Crippen LogP contribution < -0.4 is 16.4 Å². The second-order valence-corrected chi connectivity index (χ2v) is 5.73. The van der Waals surface area contributed by atoms with Crippen molar-refractivity contribution in [2.45, 2.75) is 18.9 Å². The Morgan fingerprint density at radius 2 is 2.08 bits per heavy atom. The molecule has 1 aliphatic carbocycles. The number of hydrogen-bond donors (Lipinski definition) is 3. The Bertz CT molecular complexity index is 637. The van der Waals surface area contributed by atoms with Crippen LogP contribution in [0.3, 0.4) is 0 Å². The first-order valence-corrected chi connectivity index (χ1v) is 7.52. The zero-order valence-corrected chi connectivity index (χ0v) is 14.2. The monoisotopic (exact) mass is 376 g/mol. The van der Waals surface area contributed by atoms with Gasteiger partial charge in [-0.15, -0.1) is 12.4 Å². The number of halogens is 2. The maximum atomic E-state index is 12.1. The van der Waals surface area contributed by atoms with Crippen molar-refractivity contribution in [3.63, 3.8) is 0 Å². The molecule has 1 atom stereocenters. The van der Waals surface area contributed by atoms with Gasteiger partial charge in [0.1, 0.15) is 5.56 Å². The van der Waals surface area contributed by atoms with Crippen LogP contribution in [-0.2, 0) is 4.79 Å². The lowest BCUT2D eigenvalue weighted by Gasteiger charge is -2.16. The van der Waals surface area contributed by atoms with Gasteiger partial charge in [0.25, 0.3) is 11.6 Å². The summed E-state index contributed by atoms with van der Waals surface area (Å²) < 4.78 is 0. The Kier molecular flexibility index (Phi) is 7.40. The van der Waals surface area contributed by atoms with E-state index in [9.17, 15) is 19.7 Å². The summed E-state index contributed by atoms with van der Waals surface area (Å²) in [6.45, 7) is 0.0325. The summed E-state index contributed by atoms with van der Waals surface area (Å²) in [4.78, 5) is 34.2. The summed E-state index contributed by atoms with van der Waals surface area (Å²) in [6, 6.07) is 3.83. The molecule has 0 radical (unpaired) electrons. The first-order chi connectivity index (χ1) is 10.9. The van der Waals surface area contributed by atoms with E-state index in [1.807, 2.05) is 0 Å². The Hall–Kier alpha value is -1.90. The summed E-state index contributed by atoms with van der Waals surface area (Å²) in [5.41, 5.74) is 4.92. The second-order valence-electron chi connectivity index (χ2n) is 5.32. The molecule has 0 heterocycles. The fourth-order valence-electron chi connectivity index (χ4n) is 2.26. The molecular weight excluding hydrogens is 359 g/mol. The topological polar surface area (TPSA) is 127 Å². The molecule has 1 aromatic carbocycles. The van der Waals surface area contributed by atoms with E-state index in [1.165, 1.54) is 18.2 Å². The van der Waals surface area contributed by atoms with E-state index in [2.05, 4.69) is 10.6 Å². The number of nitrogens with zero attached hydrogens (tertiary/aromatic N) is 1. The van der Waals surface area contributed by atoms with Crippen LogP contribution in [0.5, 0.6) is 0 Å². The molecule has 10 heteroatoms. The minimum atomic E-state index is -0.770. The minimum Gasteiger partial charge on any atom is -0.350 e. The summed E-state index contributed by atoms with van der Waals surface area (Å²) in [6.07, 6.45) is 2.06. The zero-order chi connectivity index (χ0) is 17.0. The maximum absolute atomic E-state index is 12.1. The van der Waals surface area contributed by atoms with E-state index in [4.69, 9.17) is 17.3 Å². The minimum absolute atomic E-state index is 0. The lowest BCUT2D eigenvalue weighted by atomic mass is 10.1. The number of nitrogens with two attached hydrogens (primary N) is 1. The number of benzene rings is 1. The fraction of sp³-hybridized carbons (Fsp3) is 0.429. The average molecular weight is 377 g/mol. The lowest BCUT2D eigenvalue weighted by Crippen LogP contribution is -2.46. The number of carbonyl (C=O) groups is 2. The molecule has 0 bridgehead atoms. The van der Waals surface area contributed by atoms with E-state index in [-0.39, 0.29) is 35.6 Å². The van der Waals surface area contributed by atoms with Gasteiger partial charge in [-0.1, -0.05) is 17.7 Å². The van der Waals surface area contributed by atoms with Crippen molar-refractivity contribution in [1.82, 2.24) is 10.6 Å². The van der Waals surface area contributed by atoms with Crippen molar-refractivity contribution in [1.29, 1.82) is 0 Å². The van der Waals surface area contributed by atoms with Gasteiger partial charge in [-0.05, 0) is 24.8 Å². The predicted octanol–water partition coefficient (Wildman–Crippen LogP) is 1.25. The smallest absolute Gasteiger partial charge is 0.283 e. The van der Waals surface area contributed by atoms with Gasteiger partial charge in [0.2, 0.25) is 5.91 Å². The van der Waals surface area contributed by atoms with Crippen molar-refractivity contribution < 1.29 is 14.5 Å². The van der Waals surface area contributed by atoms with Gasteiger partial charge in [0.05, 0.1) is 16.5 Å². The van der Waals surface area contributed by atoms with E-state index in [0.717, 1.165) is 12.8 Å². The van der Waals surface area contributed by atoms with E-state index < -0.39 is 22.4 Å². The first-order valence-electron chi connectivity index (χ1n) is 7.14. The molecule has 1 aromatic rings. The van der Waals surface area contributed by atoms with Crippen molar-refractivity contribution in [2.24, 2.45) is 11.7 Å². The van der Waals surface area contributed by atoms with Gasteiger partial charge >= 0.3 is 0 Å². The quantitative estimate of drug-likeness (QED) is 0.487. The van der Waals surface area contributed by atoms with Crippen LogP contribution in [0.25, 0.3) is 0 Å². The molecule has 0 spiro atoms. The molecule has 0 aromatic heterocycles. The van der Waals surface area contributed by atoms with Crippen LogP contribution in [0.15, 0.2) is 18.2 Å². The Morgan fingerprint density at radius 3 is 2.62 bits per heavy atom. The summed E-state index contributed by atoms with van der Waals surface area (Å²) in [7, 11) is 0. The SMILES string of the molecule is Cl.NCC(NC(=O)CNC(=O)c1c(Cl)cccc1[N+](=O)[O-])C1CC1. The van der Waals surface area contributed by atoms with Gasteiger partial charge in [-0.3, -0.25) is 19.7 Å². The Labute approximate surface area is 149 Å². The molecule has 1 fully saturated rings. The third-order valence-electron chi connectivity index (χ3n) is 3.62. The Balaban J connectivity index is 0.00000288. The van der Waals surface area contributed by atoms with Gasteiger partial charge in [0, 0.05) is 18.7 Å². The number of carbonyl (C=O) groups excluding carboxylic acids is 2. The number of nitro benzene ring substituents is 1. The third-order valence-corrected chi connectivity index (χ3v) is 3.93. The normalized spacial score (nSPS) is 14.2. The van der Waals surface area contributed by atoms with Crippen molar-refractivity contribution >= 4 is 41.5 Å². The Morgan fingerprint density at radius 1 is 1.42 bits per heavy atom. The largest absolute Gasteiger partial charge is 0.350 e. The summed E-state index contributed by atoms with van der Waals surface area (Å²) >= 11 is 5.86. The maximum Gasteiger partial charge on any atom is 0.283 e. The van der Waals surface area contributed by atoms with Crippen LogP contribution >= 0.6 is 24.0 Å². The number of nitro groups is 1. The molecule has 0 saturated heterocycles. The number of hydrogen-bond acceptors (Lipinski definition) is 5. The van der Waals surface area contributed by atoms with Crippen LogP contribution in [0, 0.1) is 16.0 Å². The summed E-state index contributed by atoms with van der Waals surface area (Å²) in [5, 5.41) is 16.0. The fourth-order valence-corrected chi connectivity index (χ4v) is 2.52. The van der Waals surface area contributed by atoms with Gasteiger partial charge in [-0.25, -0.2) is 0 Å². The molecule has 132 valence electrons. The average Bonchev–Trinajstić information content (AvgIpc) is 3.34.